The summed E-state index contributed by atoms with van der Waals surface area (Å²) in [4.78, 5) is 0. The fraction of sp³-hybridized carbons (Fsp3) is 0. The maximum atomic E-state index is 6.47. The third-order valence-electron chi connectivity index (χ3n) is 12.3. The number of hydrogen-bond donors (Lipinski definition) is 0. The van der Waals surface area contributed by atoms with Crippen molar-refractivity contribution in [2.75, 3.05) is 0 Å². The monoisotopic (exact) mass is 724 g/mol. The molecule has 0 N–H and O–H groups in total. The van der Waals surface area contributed by atoms with E-state index in [0.29, 0.717) is 0 Å². The van der Waals surface area contributed by atoms with Crippen molar-refractivity contribution in [3.63, 3.8) is 0 Å². The third kappa shape index (κ3) is 4.20. The van der Waals surface area contributed by atoms with Gasteiger partial charge < -0.3 is 13.6 Å². The van der Waals surface area contributed by atoms with Gasteiger partial charge in [0.15, 0.2) is 0 Å². The molecule has 0 aliphatic heterocycles. The Bertz CT molecular complexity index is 3750. The van der Waals surface area contributed by atoms with Crippen LogP contribution in [0.1, 0.15) is 0 Å². The maximum Gasteiger partial charge on any atom is 0.137 e. The predicted octanol–water partition coefficient (Wildman–Crippen LogP) is 14.9. The fourth-order valence-corrected chi connectivity index (χ4v) is 9.86. The molecule has 3 heterocycles. The van der Waals surface area contributed by atoms with E-state index in [4.69, 9.17) is 4.42 Å². The molecule has 0 saturated carbocycles. The first-order valence-electron chi connectivity index (χ1n) is 19.6. The Labute approximate surface area is 326 Å². The Balaban J connectivity index is 1.08. The lowest BCUT2D eigenvalue weighted by Gasteiger charge is -2.13. The molecule has 0 saturated heterocycles. The number of aromatic nitrogens is 2. The van der Waals surface area contributed by atoms with Crippen LogP contribution in [0.5, 0.6) is 0 Å². The molecular formula is C54H32N2O. The topological polar surface area (TPSA) is 23.0 Å². The van der Waals surface area contributed by atoms with Crippen molar-refractivity contribution in [2.24, 2.45) is 0 Å². The summed E-state index contributed by atoms with van der Waals surface area (Å²) >= 11 is 0. The van der Waals surface area contributed by atoms with Crippen molar-refractivity contribution in [1.82, 2.24) is 9.13 Å². The van der Waals surface area contributed by atoms with Crippen LogP contribution in [0.2, 0.25) is 0 Å². The first-order chi connectivity index (χ1) is 28.3. The molecule has 0 fully saturated rings. The second-order valence-corrected chi connectivity index (χ2v) is 15.2. The molecule has 57 heavy (non-hydrogen) atoms. The quantitative estimate of drug-likeness (QED) is 0.166. The minimum Gasteiger partial charge on any atom is -0.456 e. The van der Waals surface area contributed by atoms with Crippen molar-refractivity contribution in [1.29, 1.82) is 0 Å². The summed E-state index contributed by atoms with van der Waals surface area (Å²) < 4.78 is 11.4. The van der Waals surface area contributed by atoms with Gasteiger partial charge in [-0.05, 0) is 104 Å². The molecule has 0 aliphatic rings. The predicted molar refractivity (Wildman–Crippen MR) is 240 cm³/mol. The summed E-state index contributed by atoms with van der Waals surface area (Å²) in [6, 6.07) is 70.7. The van der Waals surface area contributed by atoms with Crippen LogP contribution in [-0.2, 0) is 0 Å². The van der Waals surface area contributed by atoms with E-state index in [0.717, 1.165) is 44.3 Å². The molecule has 0 unspecified atom stereocenters. The molecule has 3 aromatic heterocycles. The van der Waals surface area contributed by atoms with Crippen LogP contribution in [-0.4, -0.2) is 9.13 Å². The molecule has 13 rings (SSSR count). The smallest absolute Gasteiger partial charge is 0.137 e. The van der Waals surface area contributed by atoms with E-state index in [1.54, 1.807) is 0 Å². The van der Waals surface area contributed by atoms with Gasteiger partial charge in [0, 0.05) is 38.3 Å². The zero-order valence-corrected chi connectivity index (χ0v) is 30.8. The van der Waals surface area contributed by atoms with Gasteiger partial charge in [-0.2, -0.15) is 0 Å². The zero-order valence-electron chi connectivity index (χ0n) is 30.8. The van der Waals surface area contributed by atoms with Gasteiger partial charge in [-0.3, -0.25) is 0 Å². The van der Waals surface area contributed by atoms with Gasteiger partial charge in [-0.15, -0.1) is 0 Å². The van der Waals surface area contributed by atoms with Crippen molar-refractivity contribution in [3.05, 3.63) is 194 Å². The fourth-order valence-electron chi connectivity index (χ4n) is 9.86. The molecule has 0 aliphatic carbocycles. The normalized spacial score (nSPS) is 12.2. The van der Waals surface area contributed by atoms with Crippen LogP contribution in [0, 0.1) is 0 Å². The van der Waals surface area contributed by atoms with Crippen LogP contribution in [0.25, 0.3) is 120 Å². The van der Waals surface area contributed by atoms with Gasteiger partial charge in [0.2, 0.25) is 0 Å². The lowest BCUT2D eigenvalue weighted by Crippen LogP contribution is -1.95. The molecule has 10 aromatic carbocycles. The van der Waals surface area contributed by atoms with Gasteiger partial charge in [0.25, 0.3) is 0 Å². The SMILES string of the molecule is c1ccc(-n2c3ccc4c5ccccc5n(-c5ccc(-c6ccc7c8ccccc8c8ccccc8c7c6)cc5)c4c3c3ccc4oc5ccccc5c4c32)cc1. The second kappa shape index (κ2) is 11.5. The van der Waals surface area contributed by atoms with Crippen molar-refractivity contribution >= 4 is 97.9 Å². The van der Waals surface area contributed by atoms with E-state index >= 15 is 0 Å². The van der Waals surface area contributed by atoms with Gasteiger partial charge in [0.05, 0.1) is 27.5 Å². The Hall–Kier alpha value is -7.62. The highest BCUT2D eigenvalue weighted by Crippen LogP contribution is 2.46. The first kappa shape index (κ1) is 30.7. The maximum absolute atomic E-state index is 6.47. The number of fused-ring (bicyclic) bond motifs is 17. The Morgan fingerprint density at radius 3 is 1.56 bits per heavy atom. The number of rotatable bonds is 3. The van der Waals surface area contributed by atoms with E-state index in [1.807, 2.05) is 6.07 Å². The van der Waals surface area contributed by atoms with E-state index in [1.165, 1.54) is 76.0 Å². The number of nitrogens with zero attached hydrogens (tertiary/aromatic N) is 2. The van der Waals surface area contributed by atoms with Crippen molar-refractivity contribution in [3.8, 4) is 22.5 Å². The summed E-state index contributed by atoms with van der Waals surface area (Å²) in [5.74, 6) is 0. The highest BCUT2D eigenvalue weighted by atomic mass is 16.3. The van der Waals surface area contributed by atoms with Crippen LogP contribution in [0.15, 0.2) is 199 Å². The van der Waals surface area contributed by atoms with Crippen LogP contribution >= 0.6 is 0 Å². The number of furan rings is 1. The average molecular weight is 725 g/mol. The van der Waals surface area contributed by atoms with E-state index in [9.17, 15) is 0 Å². The molecule has 3 heteroatoms. The standard InChI is InChI=1S/C54H32N2O/c1-2-12-35(13-3-1)56-48-30-28-43-42-18-8-10-20-47(42)55(53(43)51(48)45-29-31-50-52(54(45)56)44-19-9-11-21-49(44)57-50)36-25-22-33(23-26-36)34-24-27-41-39-16-5-4-14-37(39)38-15-6-7-17-40(38)46(41)32-34/h1-32H. The first-order valence-corrected chi connectivity index (χ1v) is 19.6. The summed E-state index contributed by atoms with van der Waals surface area (Å²) in [7, 11) is 0. The van der Waals surface area contributed by atoms with Crippen LogP contribution in [0.3, 0.4) is 0 Å². The van der Waals surface area contributed by atoms with Gasteiger partial charge in [-0.25, -0.2) is 0 Å². The summed E-state index contributed by atoms with van der Waals surface area (Å²) in [6.45, 7) is 0. The molecule has 264 valence electrons. The Morgan fingerprint density at radius 2 is 0.807 bits per heavy atom. The number of para-hydroxylation sites is 3. The van der Waals surface area contributed by atoms with Gasteiger partial charge >= 0.3 is 0 Å². The average Bonchev–Trinajstić information content (AvgIpc) is 3.94. The minimum absolute atomic E-state index is 0.894. The Morgan fingerprint density at radius 1 is 0.281 bits per heavy atom. The highest BCUT2D eigenvalue weighted by molar-refractivity contribution is 6.31. The third-order valence-corrected chi connectivity index (χ3v) is 12.3. The van der Waals surface area contributed by atoms with E-state index in [-0.39, 0.29) is 0 Å². The van der Waals surface area contributed by atoms with Crippen LogP contribution < -0.4 is 0 Å². The van der Waals surface area contributed by atoms with E-state index in [2.05, 4.69) is 197 Å². The zero-order chi connectivity index (χ0) is 37.2. The highest BCUT2D eigenvalue weighted by Gasteiger charge is 2.24. The summed E-state index contributed by atoms with van der Waals surface area (Å²) in [5.41, 5.74) is 11.2. The van der Waals surface area contributed by atoms with Crippen molar-refractivity contribution in [2.45, 2.75) is 0 Å². The van der Waals surface area contributed by atoms with Gasteiger partial charge in [0.1, 0.15) is 11.2 Å². The molecule has 0 atom stereocenters. The lowest BCUT2D eigenvalue weighted by molar-refractivity contribution is 0.669. The molecule has 13 aromatic rings. The van der Waals surface area contributed by atoms with Gasteiger partial charge in [-0.1, -0.05) is 133 Å². The van der Waals surface area contributed by atoms with E-state index < -0.39 is 0 Å². The molecule has 3 nitrogen and oxygen atoms in total. The molecule has 0 amide bonds. The summed E-state index contributed by atoms with van der Waals surface area (Å²) in [5, 5.41) is 14.9. The lowest BCUT2D eigenvalue weighted by atomic mass is 9.92. The largest absolute Gasteiger partial charge is 0.456 e. The molecule has 0 bridgehead atoms. The van der Waals surface area contributed by atoms with Crippen LogP contribution in [0.4, 0.5) is 0 Å². The molecule has 0 spiro atoms. The minimum atomic E-state index is 0.894. The summed E-state index contributed by atoms with van der Waals surface area (Å²) in [6.07, 6.45) is 0. The number of benzene rings is 10. The molecular weight excluding hydrogens is 693 g/mol. The Kier molecular flexibility index (Phi) is 6.16. The second-order valence-electron chi connectivity index (χ2n) is 15.2. The number of hydrogen-bond acceptors (Lipinski definition) is 1. The molecule has 0 radical (unpaired) electrons. The van der Waals surface area contributed by atoms with Crippen molar-refractivity contribution < 1.29 is 4.42 Å².